The summed E-state index contributed by atoms with van der Waals surface area (Å²) in [6, 6.07) is 6.20. The molecule has 5 heteroatoms. The van der Waals surface area contributed by atoms with E-state index in [1.54, 1.807) is 11.8 Å². The molecule has 0 aromatic heterocycles. The Balaban J connectivity index is 2.12. The lowest BCUT2D eigenvalue weighted by molar-refractivity contribution is 0.738. The summed E-state index contributed by atoms with van der Waals surface area (Å²) < 4.78 is 1.01. The number of benzene rings is 1. The fraction of sp³-hybridized carbons (Fsp3) is 0.364. The Bertz CT molecular complexity index is 422. The Labute approximate surface area is 113 Å². The van der Waals surface area contributed by atoms with Gasteiger partial charge in [-0.25, -0.2) is 0 Å². The summed E-state index contributed by atoms with van der Waals surface area (Å²) in [7, 11) is 0. The van der Waals surface area contributed by atoms with Crippen LogP contribution in [0.25, 0.3) is 0 Å². The summed E-state index contributed by atoms with van der Waals surface area (Å²) in [5.41, 5.74) is 0.902. The lowest BCUT2D eigenvalue weighted by Gasteiger charge is -2.07. The molecule has 1 heterocycles. The van der Waals surface area contributed by atoms with Crippen molar-refractivity contribution in [1.29, 1.82) is 0 Å². The second-order valence-corrected chi connectivity index (χ2v) is 5.89. The van der Waals surface area contributed by atoms with Gasteiger partial charge in [0.25, 0.3) is 0 Å². The van der Waals surface area contributed by atoms with Gasteiger partial charge in [-0.15, -0.1) is 0 Å². The first-order valence-electron chi connectivity index (χ1n) is 5.11. The van der Waals surface area contributed by atoms with Crippen LogP contribution in [0.5, 0.6) is 0 Å². The standard InChI is InChI=1S/C11H12BrClN2S/c1-2-8-6-16-11(14-8)15-10-5-7(12)3-4-9(10)13/h3-5,8H,2,6H2,1H3,(H,14,15). The van der Waals surface area contributed by atoms with Crippen molar-refractivity contribution in [2.24, 2.45) is 4.99 Å². The summed E-state index contributed by atoms with van der Waals surface area (Å²) in [6.07, 6.45) is 1.09. The molecule has 1 aliphatic rings. The number of halogens is 2. The van der Waals surface area contributed by atoms with Gasteiger partial charge >= 0.3 is 0 Å². The topological polar surface area (TPSA) is 24.4 Å². The van der Waals surface area contributed by atoms with E-state index < -0.39 is 0 Å². The van der Waals surface area contributed by atoms with Crippen LogP contribution < -0.4 is 5.32 Å². The number of nitrogens with zero attached hydrogens (tertiary/aromatic N) is 1. The average molecular weight is 320 g/mol. The minimum Gasteiger partial charge on any atom is -0.334 e. The van der Waals surface area contributed by atoms with Crippen LogP contribution in [-0.2, 0) is 0 Å². The fourth-order valence-electron chi connectivity index (χ4n) is 1.40. The third kappa shape index (κ3) is 2.93. The molecule has 0 bridgehead atoms. The monoisotopic (exact) mass is 318 g/mol. The Hall–Kier alpha value is -0.190. The summed E-state index contributed by atoms with van der Waals surface area (Å²) >= 11 is 11.3. The molecule has 1 aliphatic heterocycles. The molecule has 16 heavy (non-hydrogen) atoms. The molecule has 1 atom stereocenters. The third-order valence-electron chi connectivity index (χ3n) is 2.35. The lowest BCUT2D eigenvalue weighted by atomic mass is 10.3. The molecular weight excluding hydrogens is 308 g/mol. The zero-order valence-corrected chi connectivity index (χ0v) is 12.0. The van der Waals surface area contributed by atoms with Crippen LogP contribution in [0.1, 0.15) is 13.3 Å². The highest BCUT2D eigenvalue weighted by Crippen LogP contribution is 2.28. The minimum absolute atomic E-state index is 0.443. The molecular formula is C11H12BrClN2S. The summed E-state index contributed by atoms with van der Waals surface area (Å²) in [4.78, 5) is 4.57. The van der Waals surface area contributed by atoms with Crippen molar-refractivity contribution in [1.82, 2.24) is 0 Å². The zero-order valence-electron chi connectivity index (χ0n) is 8.84. The van der Waals surface area contributed by atoms with Crippen LogP contribution in [0.2, 0.25) is 5.02 Å². The molecule has 0 spiro atoms. The molecule has 2 nitrogen and oxygen atoms in total. The summed E-state index contributed by atoms with van der Waals surface area (Å²) in [5, 5.41) is 4.94. The predicted octanol–water partition coefficient (Wildman–Crippen LogP) is 4.40. The summed E-state index contributed by atoms with van der Waals surface area (Å²) in [6.45, 7) is 2.16. The second-order valence-electron chi connectivity index (χ2n) is 3.56. The highest BCUT2D eigenvalue weighted by molar-refractivity contribution is 9.10. The lowest BCUT2D eigenvalue weighted by Crippen LogP contribution is -2.05. The van der Waals surface area contributed by atoms with Crippen LogP contribution >= 0.6 is 39.3 Å². The third-order valence-corrected chi connectivity index (χ3v) is 4.21. The number of aliphatic imine (C=N–C) groups is 1. The normalized spacial score (nSPS) is 19.7. The van der Waals surface area contributed by atoms with Gasteiger partial charge in [0.2, 0.25) is 0 Å². The average Bonchev–Trinajstić information content (AvgIpc) is 2.71. The van der Waals surface area contributed by atoms with Gasteiger partial charge in [0.1, 0.15) is 0 Å². The number of rotatable bonds is 2. The van der Waals surface area contributed by atoms with Gasteiger partial charge in [-0.1, -0.05) is 46.2 Å². The Morgan fingerprint density at radius 2 is 2.44 bits per heavy atom. The molecule has 1 aromatic carbocycles. The molecule has 1 aromatic rings. The predicted molar refractivity (Wildman–Crippen MR) is 76.7 cm³/mol. The molecule has 1 N–H and O–H groups in total. The van der Waals surface area contributed by atoms with E-state index in [1.165, 1.54) is 0 Å². The molecule has 0 fully saturated rings. The minimum atomic E-state index is 0.443. The van der Waals surface area contributed by atoms with Gasteiger partial charge in [-0.3, -0.25) is 4.99 Å². The van der Waals surface area contributed by atoms with Crippen molar-refractivity contribution in [3.05, 3.63) is 27.7 Å². The highest BCUT2D eigenvalue weighted by atomic mass is 79.9. The van der Waals surface area contributed by atoms with E-state index in [1.807, 2.05) is 18.2 Å². The van der Waals surface area contributed by atoms with Crippen LogP contribution in [0, 0.1) is 0 Å². The van der Waals surface area contributed by atoms with Gasteiger partial charge in [-0.05, 0) is 24.6 Å². The number of hydrogen-bond acceptors (Lipinski definition) is 3. The number of thioether (sulfide) groups is 1. The van der Waals surface area contributed by atoms with E-state index in [-0.39, 0.29) is 0 Å². The number of nitrogens with one attached hydrogen (secondary N) is 1. The van der Waals surface area contributed by atoms with E-state index in [4.69, 9.17) is 11.6 Å². The molecule has 2 rings (SSSR count). The largest absolute Gasteiger partial charge is 0.334 e. The Morgan fingerprint density at radius 3 is 3.12 bits per heavy atom. The zero-order chi connectivity index (χ0) is 11.5. The van der Waals surface area contributed by atoms with Crippen molar-refractivity contribution in [3.8, 4) is 0 Å². The molecule has 0 radical (unpaired) electrons. The van der Waals surface area contributed by atoms with Crippen molar-refractivity contribution >= 4 is 50.1 Å². The maximum atomic E-state index is 6.10. The molecule has 0 amide bonds. The van der Waals surface area contributed by atoms with Gasteiger partial charge in [0.15, 0.2) is 5.17 Å². The van der Waals surface area contributed by atoms with Crippen molar-refractivity contribution in [2.75, 3.05) is 11.1 Å². The van der Waals surface area contributed by atoms with E-state index in [0.717, 1.165) is 27.5 Å². The van der Waals surface area contributed by atoms with Crippen molar-refractivity contribution in [2.45, 2.75) is 19.4 Å². The van der Waals surface area contributed by atoms with Crippen LogP contribution in [-0.4, -0.2) is 17.0 Å². The van der Waals surface area contributed by atoms with Gasteiger partial charge < -0.3 is 5.32 Å². The SMILES string of the molecule is CCC1CSC(Nc2cc(Br)ccc2Cl)=N1. The molecule has 1 unspecified atom stereocenters. The van der Waals surface area contributed by atoms with Crippen LogP contribution in [0.4, 0.5) is 5.69 Å². The van der Waals surface area contributed by atoms with Crippen molar-refractivity contribution in [3.63, 3.8) is 0 Å². The van der Waals surface area contributed by atoms with Crippen LogP contribution in [0.15, 0.2) is 27.7 Å². The second kappa shape index (κ2) is 5.43. The van der Waals surface area contributed by atoms with Gasteiger partial charge in [-0.2, -0.15) is 0 Å². The number of anilines is 1. The molecule has 0 saturated heterocycles. The van der Waals surface area contributed by atoms with E-state index in [2.05, 4.69) is 33.2 Å². The maximum Gasteiger partial charge on any atom is 0.161 e. The van der Waals surface area contributed by atoms with Gasteiger partial charge in [0.05, 0.1) is 16.8 Å². The van der Waals surface area contributed by atoms with Crippen molar-refractivity contribution < 1.29 is 0 Å². The quantitative estimate of drug-likeness (QED) is 0.874. The fourth-order valence-corrected chi connectivity index (χ4v) is 2.99. The smallest absolute Gasteiger partial charge is 0.161 e. The highest BCUT2D eigenvalue weighted by Gasteiger charge is 2.17. The molecule has 0 saturated carbocycles. The van der Waals surface area contributed by atoms with E-state index in [9.17, 15) is 0 Å². The first kappa shape index (κ1) is 12.3. The Morgan fingerprint density at radius 1 is 1.62 bits per heavy atom. The Kier molecular flexibility index (Phi) is 4.16. The number of amidine groups is 1. The molecule has 0 aliphatic carbocycles. The number of hydrogen-bond donors (Lipinski definition) is 1. The first-order chi connectivity index (χ1) is 7.69. The maximum absolute atomic E-state index is 6.10. The van der Waals surface area contributed by atoms with Crippen LogP contribution in [0.3, 0.4) is 0 Å². The van der Waals surface area contributed by atoms with E-state index in [0.29, 0.717) is 11.1 Å². The van der Waals surface area contributed by atoms with E-state index >= 15 is 0 Å². The first-order valence-corrected chi connectivity index (χ1v) is 7.27. The summed E-state index contributed by atoms with van der Waals surface area (Å²) in [5.74, 6) is 1.06. The van der Waals surface area contributed by atoms with Gasteiger partial charge in [0, 0.05) is 10.2 Å². The molecule has 86 valence electrons.